The second-order valence-corrected chi connectivity index (χ2v) is 4.89. The first-order valence-electron chi connectivity index (χ1n) is 4.82. The van der Waals surface area contributed by atoms with Crippen LogP contribution in [-0.4, -0.2) is 16.2 Å². The van der Waals surface area contributed by atoms with Crippen molar-refractivity contribution in [2.75, 3.05) is 0 Å². The molecule has 2 rings (SSSR count). The van der Waals surface area contributed by atoms with Crippen LogP contribution in [0, 0.1) is 6.92 Å². The van der Waals surface area contributed by atoms with E-state index in [0.717, 1.165) is 16.1 Å². The molecule has 1 aliphatic carbocycles. The molecule has 1 aliphatic rings. The normalized spacial score (nSPS) is 19.8. The molecule has 1 aromatic heterocycles. The fourth-order valence-corrected chi connectivity index (χ4v) is 2.20. The van der Waals surface area contributed by atoms with Gasteiger partial charge in [-0.2, -0.15) is 0 Å². The molecule has 1 fully saturated rings. The molecule has 72 valence electrons. The van der Waals surface area contributed by atoms with E-state index in [-0.39, 0.29) is 0 Å². The molecule has 0 bridgehead atoms. The monoisotopic (exact) mass is 197 g/mol. The van der Waals surface area contributed by atoms with Crippen LogP contribution in [0.3, 0.4) is 0 Å². The number of hydrogen-bond donors (Lipinski definition) is 1. The van der Waals surface area contributed by atoms with Crippen molar-refractivity contribution in [2.24, 2.45) is 0 Å². The van der Waals surface area contributed by atoms with Gasteiger partial charge in [0.25, 0.3) is 0 Å². The summed E-state index contributed by atoms with van der Waals surface area (Å²) < 4.78 is 0. The van der Waals surface area contributed by atoms with Gasteiger partial charge in [0.1, 0.15) is 10.0 Å². The third-order valence-corrected chi connectivity index (χ3v) is 3.52. The van der Waals surface area contributed by atoms with Crippen molar-refractivity contribution in [3.63, 3.8) is 0 Å². The Labute approximate surface area is 82.6 Å². The molecule has 1 N–H and O–H groups in total. The quantitative estimate of drug-likeness (QED) is 0.806. The maximum absolute atomic E-state index is 4.13. The molecular weight excluding hydrogens is 182 g/mol. The molecule has 1 heterocycles. The van der Waals surface area contributed by atoms with Gasteiger partial charge in [-0.25, -0.2) is 0 Å². The molecule has 1 atom stereocenters. The molecule has 0 amide bonds. The number of hydrogen-bond acceptors (Lipinski definition) is 4. The molecular formula is C9H15N3S. The number of aryl methyl sites for hydroxylation is 1. The lowest BCUT2D eigenvalue weighted by Gasteiger charge is -2.29. The lowest BCUT2D eigenvalue weighted by atomic mass is 9.92. The van der Waals surface area contributed by atoms with E-state index >= 15 is 0 Å². The summed E-state index contributed by atoms with van der Waals surface area (Å²) >= 11 is 1.69. The highest BCUT2D eigenvalue weighted by Gasteiger charge is 2.21. The molecule has 0 aromatic carbocycles. The van der Waals surface area contributed by atoms with Gasteiger partial charge in [-0.1, -0.05) is 6.42 Å². The molecule has 0 saturated heterocycles. The molecule has 0 aliphatic heterocycles. The average molecular weight is 197 g/mol. The summed E-state index contributed by atoms with van der Waals surface area (Å²) in [6.07, 6.45) is 4.02. The fraction of sp³-hybridized carbons (Fsp3) is 0.778. The summed E-state index contributed by atoms with van der Waals surface area (Å²) in [7, 11) is 0. The Morgan fingerprint density at radius 1 is 1.46 bits per heavy atom. The zero-order valence-electron chi connectivity index (χ0n) is 8.08. The number of aromatic nitrogens is 2. The second-order valence-electron chi connectivity index (χ2n) is 3.68. The first kappa shape index (κ1) is 9.09. The first-order chi connectivity index (χ1) is 6.25. The van der Waals surface area contributed by atoms with Gasteiger partial charge in [-0.3, -0.25) is 0 Å². The van der Waals surface area contributed by atoms with Gasteiger partial charge in [0.05, 0.1) is 6.04 Å². The third kappa shape index (κ3) is 2.06. The molecule has 3 nitrogen and oxygen atoms in total. The van der Waals surface area contributed by atoms with Crippen LogP contribution in [0.1, 0.15) is 42.2 Å². The minimum absolute atomic E-state index is 0.372. The molecule has 1 aromatic rings. The SMILES string of the molecule is Cc1nnc(C(C)NC2CCC2)s1. The van der Waals surface area contributed by atoms with Crippen molar-refractivity contribution in [1.82, 2.24) is 15.5 Å². The van der Waals surface area contributed by atoms with Gasteiger partial charge in [-0.15, -0.1) is 21.5 Å². The molecule has 4 heteroatoms. The van der Waals surface area contributed by atoms with E-state index in [2.05, 4.69) is 22.4 Å². The highest BCUT2D eigenvalue weighted by atomic mass is 32.1. The van der Waals surface area contributed by atoms with E-state index in [1.54, 1.807) is 11.3 Å². The smallest absolute Gasteiger partial charge is 0.134 e. The minimum atomic E-state index is 0.372. The van der Waals surface area contributed by atoms with Gasteiger partial charge in [0.2, 0.25) is 0 Å². The van der Waals surface area contributed by atoms with Crippen molar-refractivity contribution in [3.05, 3.63) is 10.0 Å². The Kier molecular flexibility index (Phi) is 2.60. The topological polar surface area (TPSA) is 37.8 Å². The van der Waals surface area contributed by atoms with Crippen LogP contribution in [-0.2, 0) is 0 Å². The summed E-state index contributed by atoms with van der Waals surface area (Å²) in [4.78, 5) is 0. The summed E-state index contributed by atoms with van der Waals surface area (Å²) in [6.45, 7) is 4.16. The molecule has 0 radical (unpaired) electrons. The second kappa shape index (κ2) is 3.72. The number of nitrogens with one attached hydrogen (secondary N) is 1. The van der Waals surface area contributed by atoms with Crippen LogP contribution in [0.5, 0.6) is 0 Å². The third-order valence-electron chi connectivity index (χ3n) is 2.50. The van der Waals surface area contributed by atoms with Crippen LogP contribution < -0.4 is 5.32 Å². The first-order valence-corrected chi connectivity index (χ1v) is 5.63. The molecule has 0 spiro atoms. The van der Waals surface area contributed by atoms with Crippen LogP contribution >= 0.6 is 11.3 Å². The van der Waals surface area contributed by atoms with Crippen LogP contribution in [0.4, 0.5) is 0 Å². The van der Waals surface area contributed by atoms with Gasteiger partial charge < -0.3 is 5.32 Å². The lowest BCUT2D eigenvalue weighted by molar-refractivity contribution is 0.312. The summed E-state index contributed by atoms with van der Waals surface area (Å²) in [5.74, 6) is 0. The van der Waals surface area contributed by atoms with Crippen LogP contribution in [0.15, 0.2) is 0 Å². The van der Waals surface area contributed by atoms with Crippen molar-refractivity contribution >= 4 is 11.3 Å². The van der Waals surface area contributed by atoms with E-state index in [1.807, 2.05) is 6.92 Å². The van der Waals surface area contributed by atoms with E-state index < -0.39 is 0 Å². The Hall–Kier alpha value is -0.480. The molecule has 1 saturated carbocycles. The van der Waals surface area contributed by atoms with E-state index in [1.165, 1.54) is 19.3 Å². The van der Waals surface area contributed by atoms with Crippen LogP contribution in [0.25, 0.3) is 0 Å². The van der Waals surface area contributed by atoms with Gasteiger partial charge in [0.15, 0.2) is 0 Å². The van der Waals surface area contributed by atoms with Gasteiger partial charge >= 0.3 is 0 Å². The predicted molar refractivity (Wildman–Crippen MR) is 53.8 cm³/mol. The lowest BCUT2D eigenvalue weighted by Crippen LogP contribution is -2.36. The zero-order chi connectivity index (χ0) is 9.26. The summed E-state index contributed by atoms with van der Waals surface area (Å²) in [5, 5.41) is 13.9. The summed E-state index contributed by atoms with van der Waals surface area (Å²) in [5.41, 5.74) is 0. The molecule has 13 heavy (non-hydrogen) atoms. The average Bonchev–Trinajstić information content (AvgIpc) is 2.44. The van der Waals surface area contributed by atoms with Gasteiger partial charge in [0, 0.05) is 6.04 Å². The van der Waals surface area contributed by atoms with Crippen molar-refractivity contribution in [1.29, 1.82) is 0 Å². The Morgan fingerprint density at radius 3 is 2.69 bits per heavy atom. The Morgan fingerprint density at radius 2 is 2.23 bits per heavy atom. The minimum Gasteiger partial charge on any atom is -0.305 e. The highest BCUT2D eigenvalue weighted by molar-refractivity contribution is 7.11. The van der Waals surface area contributed by atoms with E-state index in [0.29, 0.717) is 6.04 Å². The largest absolute Gasteiger partial charge is 0.305 e. The maximum atomic E-state index is 4.13. The van der Waals surface area contributed by atoms with Gasteiger partial charge in [-0.05, 0) is 26.7 Å². The highest BCUT2D eigenvalue weighted by Crippen LogP contribution is 2.23. The Balaban J connectivity index is 1.92. The molecule has 1 unspecified atom stereocenters. The Bertz CT molecular complexity index is 280. The van der Waals surface area contributed by atoms with E-state index in [9.17, 15) is 0 Å². The fourth-order valence-electron chi connectivity index (χ4n) is 1.49. The maximum Gasteiger partial charge on any atom is 0.134 e. The number of nitrogens with zero attached hydrogens (tertiary/aromatic N) is 2. The van der Waals surface area contributed by atoms with Crippen molar-refractivity contribution in [2.45, 2.75) is 45.2 Å². The van der Waals surface area contributed by atoms with Crippen molar-refractivity contribution in [3.8, 4) is 0 Å². The predicted octanol–water partition coefficient (Wildman–Crippen LogP) is 2.05. The van der Waals surface area contributed by atoms with E-state index in [4.69, 9.17) is 0 Å². The summed E-state index contributed by atoms with van der Waals surface area (Å²) in [6, 6.07) is 1.09. The van der Waals surface area contributed by atoms with Crippen LogP contribution in [0.2, 0.25) is 0 Å². The van der Waals surface area contributed by atoms with Crippen molar-refractivity contribution < 1.29 is 0 Å². The number of rotatable bonds is 3. The zero-order valence-corrected chi connectivity index (χ0v) is 8.90. The standard InChI is InChI=1S/C9H15N3S/c1-6(10-8-4-3-5-8)9-12-11-7(2)13-9/h6,8,10H,3-5H2,1-2H3.